The lowest BCUT2D eigenvalue weighted by atomic mass is 10.2. The van der Waals surface area contributed by atoms with Crippen molar-refractivity contribution in [2.24, 2.45) is 12.8 Å². The third-order valence-electron chi connectivity index (χ3n) is 4.44. The van der Waals surface area contributed by atoms with Crippen molar-refractivity contribution in [3.05, 3.63) is 73.3 Å². The number of aromatic hydroxyl groups is 1. The number of nitriles is 1. The highest BCUT2D eigenvalue weighted by Gasteiger charge is 2.15. The predicted octanol–water partition coefficient (Wildman–Crippen LogP) is 0.295. The molecule has 0 fully saturated rings. The number of ether oxygens (including phenoxy) is 1. The zero-order chi connectivity index (χ0) is 20.6. The second-order valence-electron chi connectivity index (χ2n) is 6.04. The van der Waals surface area contributed by atoms with Crippen LogP contribution in [-0.2, 0) is 7.05 Å². The summed E-state index contributed by atoms with van der Waals surface area (Å²) in [5.41, 5.74) is 5.25. The number of hydrogen-bond donors (Lipinski definition) is 2. The summed E-state index contributed by atoms with van der Waals surface area (Å²) in [5.74, 6) is -0.711. The van der Waals surface area contributed by atoms with E-state index in [-0.39, 0.29) is 28.1 Å². The first kappa shape index (κ1) is 18.8. The fourth-order valence-corrected chi connectivity index (χ4v) is 3.05. The van der Waals surface area contributed by atoms with Crippen molar-refractivity contribution < 1.29 is 14.2 Å². The molecule has 0 amide bonds. The Kier molecular flexibility index (Phi) is 4.67. The maximum absolute atomic E-state index is 14.7. The van der Waals surface area contributed by atoms with E-state index in [0.29, 0.717) is 15.8 Å². The Balaban J connectivity index is 2.66. The third kappa shape index (κ3) is 2.79. The minimum absolute atomic E-state index is 0.0580. The predicted molar refractivity (Wildman–Crippen MR) is 101 cm³/mol. The molecule has 0 aliphatic heterocycles. The van der Waals surface area contributed by atoms with E-state index in [1.165, 1.54) is 49.2 Å². The first-order valence-electron chi connectivity index (χ1n) is 8.14. The number of rotatable bonds is 2. The molecule has 0 atom stereocenters. The molecule has 3 rings (SSSR count). The number of halogens is 1. The van der Waals surface area contributed by atoms with E-state index in [0.717, 1.165) is 10.6 Å². The first-order chi connectivity index (χ1) is 13.3. The summed E-state index contributed by atoms with van der Waals surface area (Å²) in [5, 5.41) is 20.5. The van der Waals surface area contributed by atoms with Crippen LogP contribution in [0, 0.1) is 27.7 Å². The van der Waals surface area contributed by atoms with E-state index in [1.54, 1.807) is 0 Å². The summed E-state index contributed by atoms with van der Waals surface area (Å²) in [7, 11) is 2.90. The van der Waals surface area contributed by atoms with Gasteiger partial charge in [-0.05, 0) is 35.6 Å². The van der Waals surface area contributed by atoms with Crippen LogP contribution < -0.4 is 26.7 Å². The summed E-state index contributed by atoms with van der Waals surface area (Å²) in [6, 6.07) is 8.51. The van der Waals surface area contributed by atoms with Gasteiger partial charge in [0.25, 0.3) is 0 Å². The molecule has 0 saturated carbocycles. The standard InChI is InChI=1S/C20H17FN4O3/c1-11-6-18(28-3)17(26)8-13(11)19-16(10-23)24(2)20(27)25(19)15-5-4-12(9-22)7-14(15)21/h4-8,10,26H,1,23H2,2-3H3/b16-10+,19-13+. The van der Waals surface area contributed by atoms with Gasteiger partial charge in [0.2, 0.25) is 0 Å². The van der Waals surface area contributed by atoms with Crippen molar-refractivity contribution >= 4 is 12.8 Å². The van der Waals surface area contributed by atoms with Gasteiger partial charge in [0, 0.05) is 18.5 Å². The molecule has 3 aromatic rings. The second kappa shape index (κ2) is 6.96. The number of hydrogen-bond acceptors (Lipinski definition) is 5. The zero-order valence-corrected chi connectivity index (χ0v) is 15.2. The molecule has 142 valence electrons. The molecule has 0 aliphatic carbocycles. The highest BCUT2D eigenvalue weighted by molar-refractivity contribution is 5.44. The molecule has 0 bridgehead atoms. The molecule has 0 saturated heterocycles. The van der Waals surface area contributed by atoms with E-state index in [4.69, 9.17) is 15.7 Å². The van der Waals surface area contributed by atoms with Crippen molar-refractivity contribution in [1.29, 1.82) is 5.26 Å². The number of imidazole rings is 1. The monoisotopic (exact) mass is 380 g/mol. The molecule has 7 nitrogen and oxygen atoms in total. The average molecular weight is 380 g/mol. The lowest BCUT2D eigenvalue weighted by molar-refractivity contribution is 0.373. The van der Waals surface area contributed by atoms with Gasteiger partial charge in [-0.25, -0.2) is 9.18 Å². The Hall–Kier alpha value is -3.99. The molecule has 28 heavy (non-hydrogen) atoms. The van der Waals surface area contributed by atoms with Crippen LogP contribution in [0.3, 0.4) is 0 Å². The summed E-state index contributed by atoms with van der Waals surface area (Å²) in [6.45, 7) is 3.94. The van der Waals surface area contributed by atoms with Crippen LogP contribution >= 0.6 is 0 Å². The minimum Gasteiger partial charge on any atom is -0.504 e. The topological polar surface area (TPSA) is 106 Å². The Bertz CT molecular complexity index is 1400. The number of nitrogens with zero attached hydrogens (tertiary/aromatic N) is 3. The molecule has 0 spiro atoms. The van der Waals surface area contributed by atoms with Gasteiger partial charge >= 0.3 is 5.69 Å². The SMILES string of the molecule is C=c1cc(OC)c(O)c/c1=c1/c(=C\N)n(C)c(=O)n1-c1ccc(C#N)cc1F. The number of nitrogens with two attached hydrogens (primary N) is 1. The molecule has 3 N–H and O–H groups in total. The van der Waals surface area contributed by atoms with Gasteiger partial charge in [0.05, 0.1) is 35.1 Å². The van der Waals surface area contributed by atoms with Crippen molar-refractivity contribution in [1.82, 2.24) is 9.13 Å². The summed E-state index contributed by atoms with van der Waals surface area (Å²) < 4.78 is 22.2. The molecule has 8 heteroatoms. The summed E-state index contributed by atoms with van der Waals surface area (Å²) in [4.78, 5) is 12.9. The normalized spacial score (nSPS) is 12.7. The Morgan fingerprint density at radius 1 is 1.36 bits per heavy atom. The molecule has 0 aliphatic rings. The van der Waals surface area contributed by atoms with Crippen LogP contribution in [0.4, 0.5) is 4.39 Å². The van der Waals surface area contributed by atoms with E-state index >= 15 is 0 Å². The van der Waals surface area contributed by atoms with Gasteiger partial charge < -0.3 is 15.6 Å². The van der Waals surface area contributed by atoms with Gasteiger partial charge in [-0.15, -0.1) is 0 Å². The molecule has 0 unspecified atom stereocenters. The molecular formula is C20H17FN4O3. The van der Waals surface area contributed by atoms with E-state index in [1.807, 2.05) is 6.07 Å². The smallest absolute Gasteiger partial charge is 0.333 e. The maximum atomic E-state index is 14.7. The largest absolute Gasteiger partial charge is 0.504 e. The Labute approximate surface area is 158 Å². The average Bonchev–Trinajstić information content (AvgIpc) is 2.93. The Morgan fingerprint density at radius 2 is 2.07 bits per heavy atom. The van der Waals surface area contributed by atoms with Crippen LogP contribution in [0.5, 0.6) is 11.5 Å². The number of aromatic nitrogens is 2. The molecular weight excluding hydrogens is 363 g/mol. The van der Waals surface area contributed by atoms with Gasteiger partial charge in [0.1, 0.15) is 5.82 Å². The van der Waals surface area contributed by atoms with Crippen molar-refractivity contribution in [3.63, 3.8) is 0 Å². The number of methoxy groups -OCH3 is 1. The zero-order valence-electron chi connectivity index (χ0n) is 15.2. The van der Waals surface area contributed by atoms with Gasteiger partial charge in [-0.1, -0.05) is 6.58 Å². The number of phenols is 1. The van der Waals surface area contributed by atoms with Gasteiger partial charge in [-0.3, -0.25) is 9.13 Å². The van der Waals surface area contributed by atoms with Crippen LogP contribution in [0.1, 0.15) is 5.56 Å². The number of benzene rings is 2. The second-order valence-corrected chi connectivity index (χ2v) is 6.04. The fourth-order valence-electron chi connectivity index (χ4n) is 3.05. The van der Waals surface area contributed by atoms with Gasteiger partial charge in [-0.2, -0.15) is 5.26 Å². The molecule has 2 aromatic carbocycles. The molecule has 0 radical (unpaired) electrons. The highest BCUT2D eigenvalue weighted by Crippen LogP contribution is 2.22. The molecule has 1 heterocycles. The van der Waals surface area contributed by atoms with Crippen molar-refractivity contribution in [3.8, 4) is 23.3 Å². The third-order valence-corrected chi connectivity index (χ3v) is 4.44. The minimum atomic E-state index is -0.750. The summed E-state index contributed by atoms with van der Waals surface area (Å²) >= 11 is 0. The van der Waals surface area contributed by atoms with Crippen LogP contribution in [0.15, 0.2) is 35.1 Å². The lowest BCUT2D eigenvalue weighted by Gasteiger charge is -2.06. The van der Waals surface area contributed by atoms with E-state index in [9.17, 15) is 14.3 Å². The lowest BCUT2D eigenvalue weighted by Crippen LogP contribution is -2.26. The highest BCUT2D eigenvalue weighted by atomic mass is 19.1. The fraction of sp³-hybridized carbons (Fsp3) is 0.100. The molecule has 1 aromatic heterocycles. The maximum Gasteiger partial charge on any atom is 0.333 e. The Morgan fingerprint density at radius 3 is 2.64 bits per heavy atom. The van der Waals surface area contributed by atoms with E-state index < -0.39 is 11.5 Å². The van der Waals surface area contributed by atoms with Crippen molar-refractivity contribution in [2.75, 3.05) is 7.11 Å². The van der Waals surface area contributed by atoms with Crippen LogP contribution in [0.2, 0.25) is 0 Å². The van der Waals surface area contributed by atoms with Gasteiger partial charge in [0.15, 0.2) is 11.5 Å². The number of phenolic OH excluding ortho intramolecular Hbond substituents is 1. The van der Waals surface area contributed by atoms with Crippen LogP contribution in [0.25, 0.3) is 18.5 Å². The van der Waals surface area contributed by atoms with Crippen LogP contribution in [-0.4, -0.2) is 21.4 Å². The van der Waals surface area contributed by atoms with E-state index in [2.05, 4.69) is 6.58 Å². The quantitative estimate of drug-likeness (QED) is 0.665. The van der Waals surface area contributed by atoms with Crippen molar-refractivity contribution in [2.45, 2.75) is 0 Å². The first-order valence-corrected chi connectivity index (χ1v) is 8.14. The summed E-state index contributed by atoms with van der Waals surface area (Å²) in [6.07, 6.45) is 1.22.